The van der Waals surface area contributed by atoms with E-state index in [4.69, 9.17) is 4.74 Å². The number of hydrogen-bond donors (Lipinski definition) is 0. The van der Waals surface area contributed by atoms with Gasteiger partial charge in [0.2, 0.25) is 0 Å². The average Bonchev–Trinajstić information content (AvgIpc) is 2.67. The summed E-state index contributed by atoms with van der Waals surface area (Å²) in [7, 11) is 0. The molecule has 1 heteroatoms. The van der Waals surface area contributed by atoms with Crippen LogP contribution in [0, 0.1) is 0 Å². The van der Waals surface area contributed by atoms with Gasteiger partial charge in [-0.3, -0.25) is 0 Å². The minimum Gasteiger partial charge on any atom is -0.369 e. The SMILES string of the molecule is CC(OCc1ccc(CCc2ccccc2)cc1)c1ccccc1. The van der Waals surface area contributed by atoms with Crippen LogP contribution < -0.4 is 0 Å². The predicted molar refractivity (Wildman–Crippen MR) is 99.9 cm³/mol. The van der Waals surface area contributed by atoms with Crippen LogP contribution in [0.5, 0.6) is 0 Å². The van der Waals surface area contributed by atoms with Gasteiger partial charge in [0.05, 0.1) is 12.7 Å². The van der Waals surface area contributed by atoms with Crippen molar-refractivity contribution in [3.05, 3.63) is 107 Å². The summed E-state index contributed by atoms with van der Waals surface area (Å²) < 4.78 is 5.98. The van der Waals surface area contributed by atoms with Gasteiger partial charge in [-0.2, -0.15) is 0 Å². The smallest absolute Gasteiger partial charge is 0.0801 e. The minimum atomic E-state index is 0.115. The van der Waals surface area contributed by atoms with Crippen LogP contribution in [0.1, 0.15) is 35.3 Å². The van der Waals surface area contributed by atoms with E-state index in [1.54, 1.807) is 0 Å². The van der Waals surface area contributed by atoms with Crippen molar-refractivity contribution in [1.29, 1.82) is 0 Å². The highest BCUT2D eigenvalue weighted by atomic mass is 16.5. The normalized spacial score (nSPS) is 12.0. The molecule has 1 atom stereocenters. The van der Waals surface area contributed by atoms with Crippen molar-refractivity contribution in [3.8, 4) is 0 Å². The summed E-state index contributed by atoms with van der Waals surface area (Å²) in [6.45, 7) is 2.75. The van der Waals surface area contributed by atoms with Gasteiger partial charge in [0.15, 0.2) is 0 Å². The van der Waals surface area contributed by atoms with Gasteiger partial charge in [0, 0.05) is 0 Å². The van der Waals surface area contributed by atoms with E-state index in [1.165, 1.54) is 22.3 Å². The molecule has 0 N–H and O–H groups in total. The Kier molecular flexibility index (Phi) is 5.81. The number of hydrogen-bond acceptors (Lipinski definition) is 1. The zero-order chi connectivity index (χ0) is 16.6. The zero-order valence-electron chi connectivity index (χ0n) is 14.2. The highest BCUT2D eigenvalue weighted by Crippen LogP contribution is 2.18. The van der Waals surface area contributed by atoms with Crippen molar-refractivity contribution in [1.82, 2.24) is 0 Å². The van der Waals surface area contributed by atoms with Gasteiger partial charge in [0.1, 0.15) is 0 Å². The molecule has 0 saturated heterocycles. The van der Waals surface area contributed by atoms with Crippen molar-refractivity contribution in [3.63, 3.8) is 0 Å². The summed E-state index contributed by atoms with van der Waals surface area (Å²) in [5.74, 6) is 0. The molecule has 0 spiro atoms. The Hall–Kier alpha value is -2.38. The van der Waals surface area contributed by atoms with Crippen LogP contribution in [0.25, 0.3) is 0 Å². The van der Waals surface area contributed by atoms with E-state index in [9.17, 15) is 0 Å². The van der Waals surface area contributed by atoms with Crippen molar-refractivity contribution in [2.24, 2.45) is 0 Å². The topological polar surface area (TPSA) is 9.23 Å². The summed E-state index contributed by atoms with van der Waals surface area (Å²) in [5.41, 5.74) is 5.21. The quantitative estimate of drug-likeness (QED) is 0.539. The second-order valence-corrected chi connectivity index (χ2v) is 6.17. The lowest BCUT2D eigenvalue weighted by Crippen LogP contribution is -2.00. The number of aryl methyl sites for hydroxylation is 2. The van der Waals surface area contributed by atoms with Crippen LogP contribution in [0.3, 0.4) is 0 Å². The Bertz CT molecular complexity index is 717. The lowest BCUT2D eigenvalue weighted by molar-refractivity contribution is 0.0525. The minimum absolute atomic E-state index is 0.115. The molecule has 0 fully saturated rings. The molecule has 1 nitrogen and oxygen atoms in total. The Labute approximate surface area is 144 Å². The van der Waals surface area contributed by atoms with Crippen LogP contribution in [0.4, 0.5) is 0 Å². The zero-order valence-corrected chi connectivity index (χ0v) is 14.2. The molecule has 0 aromatic heterocycles. The van der Waals surface area contributed by atoms with Crippen LogP contribution in [-0.4, -0.2) is 0 Å². The van der Waals surface area contributed by atoms with E-state index < -0.39 is 0 Å². The maximum atomic E-state index is 5.98. The number of rotatable bonds is 7. The second-order valence-electron chi connectivity index (χ2n) is 6.17. The molecule has 1 unspecified atom stereocenters. The fourth-order valence-electron chi connectivity index (χ4n) is 2.78. The van der Waals surface area contributed by atoms with E-state index in [-0.39, 0.29) is 6.10 Å². The van der Waals surface area contributed by atoms with Gasteiger partial charge in [-0.15, -0.1) is 0 Å². The second kappa shape index (κ2) is 8.47. The van der Waals surface area contributed by atoms with Crippen molar-refractivity contribution in [2.45, 2.75) is 32.5 Å². The number of ether oxygens (including phenoxy) is 1. The molecule has 0 radical (unpaired) electrons. The number of benzene rings is 3. The molecule has 122 valence electrons. The maximum Gasteiger partial charge on any atom is 0.0801 e. The standard InChI is InChI=1S/C23H24O/c1-19(23-10-6-3-7-11-23)24-18-22-16-14-21(15-17-22)13-12-20-8-4-2-5-9-20/h2-11,14-17,19H,12-13,18H2,1H3. The first-order valence-corrected chi connectivity index (χ1v) is 8.59. The van der Waals surface area contributed by atoms with Gasteiger partial charge >= 0.3 is 0 Å². The molecule has 24 heavy (non-hydrogen) atoms. The Morgan fingerprint density at radius 1 is 0.625 bits per heavy atom. The van der Waals surface area contributed by atoms with E-state index in [0.717, 1.165) is 12.8 Å². The summed E-state index contributed by atoms with van der Waals surface area (Å²) in [4.78, 5) is 0. The summed E-state index contributed by atoms with van der Waals surface area (Å²) in [6, 6.07) is 29.8. The molecular formula is C23H24O. The first-order chi connectivity index (χ1) is 11.8. The van der Waals surface area contributed by atoms with Crippen molar-refractivity contribution >= 4 is 0 Å². The Balaban J connectivity index is 1.49. The molecular weight excluding hydrogens is 292 g/mol. The lowest BCUT2D eigenvalue weighted by Gasteiger charge is -2.13. The van der Waals surface area contributed by atoms with Crippen LogP contribution >= 0.6 is 0 Å². The third kappa shape index (κ3) is 4.81. The van der Waals surface area contributed by atoms with Gasteiger partial charge in [-0.05, 0) is 42.0 Å². The predicted octanol–water partition coefficient (Wildman–Crippen LogP) is 5.75. The highest BCUT2D eigenvalue weighted by molar-refractivity contribution is 5.24. The van der Waals surface area contributed by atoms with E-state index in [0.29, 0.717) is 6.61 Å². The fourth-order valence-corrected chi connectivity index (χ4v) is 2.78. The molecule has 0 bridgehead atoms. The summed E-state index contributed by atoms with van der Waals surface area (Å²) >= 11 is 0. The molecule has 3 rings (SSSR count). The molecule has 0 aliphatic carbocycles. The van der Waals surface area contributed by atoms with Gasteiger partial charge in [0.25, 0.3) is 0 Å². The van der Waals surface area contributed by atoms with Crippen LogP contribution in [0.2, 0.25) is 0 Å². The molecule has 0 saturated carbocycles. The van der Waals surface area contributed by atoms with Gasteiger partial charge in [-0.25, -0.2) is 0 Å². The van der Waals surface area contributed by atoms with Crippen molar-refractivity contribution in [2.75, 3.05) is 0 Å². The van der Waals surface area contributed by atoms with Crippen LogP contribution in [0.15, 0.2) is 84.9 Å². The molecule has 0 aliphatic rings. The largest absolute Gasteiger partial charge is 0.369 e. The van der Waals surface area contributed by atoms with E-state index in [2.05, 4.69) is 85.8 Å². The fraction of sp³-hybridized carbons (Fsp3) is 0.217. The molecule has 3 aromatic rings. The molecule has 0 heterocycles. The molecule has 0 aliphatic heterocycles. The first kappa shape index (κ1) is 16.5. The van der Waals surface area contributed by atoms with Gasteiger partial charge in [-0.1, -0.05) is 84.9 Å². The van der Waals surface area contributed by atoms with E-state index in [1.807, 2.05) is 6.07 Å². The monoisotopic (exact) mass is 316 g/mol. The maximum absolute atomic E-state index is 5.98. The van der Waals surface area contributed by atoms with Crippen molar-refractivity contribution < 1.29 is 4.74 Å². The average molecular weight is 316 g/mol. The van der Waals surface area contributed by atoms with E-state index >= 15 is 0 Å². The summed E-state index contributed by atoms with van der Waals surface area (Å²) in [6.07, 6.45) is 2.27. The lowest BCUT2D eigenvalue weighted by atomic mass is 10.0. The highest BCUT2D eigenvalue weighted by Gasteiger charge is 2.05. The Morgan fingerprint density at radius 2 is 1.12 bits per heavy atom. The first-order valence-electron chi connectivity index (χ1n) is 8.59. The summed E-state index contributed by atoms with van der Waals surface area (Å²) in [5, 5.41) is 0. The van der Waals surface area contributed by atoms with Crippen LogP contribution in [-0.2, 0) is 24.2 Å². The third-order valence-corrected chi connectivity index (χ3v) is 4.34. The molecule has 0 amide bonds. The third-order valence-electron chi connectivity index (χ3n) is 4.34. The van der Waals surface area contributed by atoms with Gasteiger partial charge < -0.3 is 4.74 Å². The molecule has 3 aromatic carbocycles. The Morgan fingerprint density at radius 3 is 1.75 bits per heavy atom.